The zero-order chi connectivity index (χ0) is 15.6. The van der Waals surface area contributed by atoms with E-state index in [2.05, 4.69) is 25.3 Å². The number of rotatable bonds is 4. The van der Waals surface area contributed by atoms with E-state index in [0.717, 1.165) is 29.1 Å². The van der Waals surface area contributed by atoms with Crippen molar-refractivity contribution in [2.45, 2.75) is 25.8 Å². The van der Waals surface area contributed by atoms with Crippen LogP contribution in [0.5, 0.6) is 0 Å². The molecule has 3 aromatic rings. The standard InChI is InChI=1S/C16H15N5OS/c22-15(14-8-23-16(21-14)13-7-18-9-20-13)19-6-11-5-17-4-10-2-1-3-12(10)11/h4-5,7-9H,1-3,6H2,(H,18,20)(H,19,22). The topological polar surface area (TPSA) is 83.6 Å². The summed E-state index contributed by atoms with van der Waals surface area (Å²) in [6.45, 7) is 0.492. The Labute approximate surface area is 137 Å². The second-order valence-electron chi connectivity index (χ2n) is 5.48. The van der Waals surface area contributed by atoms with Crippen molar-refractivity contribution in [3.63, 3.8) is 0 Å². The first kappa shape index (κ1) is 14.1. The molecule has 116 valence electrons. The first-order valence-electron chi connectivity index (χ1n) is 7.48. The van der Waals surface area contributed by atoms with Gasteiger partial charge in [0.1, 0.15) is 10.7 Å². The van der Waals surface area contributed by atoms with Gasteiger partial charge >= 0.3 is 0 Å². The zero-order valence-corrected chi connectivity index (χ0v) is 13.2. The quantitative estimate of drug-likeness (QED) is 0.771. The largest absolute Gasteiger partial charge is 0.347 e. The number of nitrogens with zero attached hydrogens (tertiary/aromatic N) is 3. The van der Waals surface area contributed by atoms with Crippen molar-refractivity contribution < 1.29 is 4.79 Å². The molecule has 3 heterocycles. The molecule has 0 fully saturated rings. The molecule has 1 amide bonds. The summed E-state index contributed by atoms with van der Waals surface area (Å²) in [6, 6.07) is 0. The predicted octanol–water partition coefficient (Wildman–Crippen LogP) is 2.35. The van der Waals surface area contributed by atoms with Gasteiger partial charge in [0, 0.05) is 24.3 Å². The molecule has 0 bridgehead atoms. The van der Waals surface area contributed by atoms with Crippen LogP contribution in [0, 0.1) is 0 Å². The highest BCUT2D eigenvalue weighted by Crippen LogP contribution is 2.24. The third-order valence-electron chi connectivity index (χ3n) is 4.01. The van der Waals surface area contributed by atoms with Crippen LogP contribution >= 0.6 is 11.3 Å². The number of nitrogens with one attached hydrogen (secondary N) is 2. The number of pyridine rings is 1. The molecule has 0 aliphatic heterocycles. The maximum atomic E-state index is 12.3. The van der Waals surface area contributed by atoms with Crippen LogP contribution < -0.4 is 5.32 Å². The molecule has 0 unspecified atom stereocenters. The minimum atomic E-state index is -0.164. The Morgan fingerprint density at radius 2 is 2.22 bits per heavy atom. The van der Waals surface area contributed by atoms with Gasteiger partial charge in [-0.15, -0.1) is 11.3 Å². The number of hydrogen-bond donors (Lipinski definition) is 2. The van der Waals surface area contributed by atoms with Gasteiger partial charge in [-0.3, -0.25) is 9.78 Å². The lowest BCUT2D eigenvalue weighted by Gasteiger charge is -2.08. The van der Waals surface area contributed by atoms with Gasteiger partial charge in [0.15, 0.2) is 0 Å². The minimum Gasteiger partial charge on any atom is -0.347 e. The summed E-state index contributed by atoms with van der Waals surface area (Å²) in [5, 5.41) is 5.47. The van der Waals surface area contributed by atoms with E-state index < -0.39 is 0 Å². The Bertz CT molecular complexity index is 840. The number of thiazole rings is 1. The molecule has 1 aliphatic rings. The summed E-state index contributed by atoms with van der Waals surface area (Å²) < 4.78 is 0. The monoisotopic (exact) mass is 325 g/mol. The number of fused-ring (bicyclic) bond motifs is 1. The number of carbonyl (C=O) groups is 1. The molecule has 0 radical (unpaired) electrons. The Balaban J connectivity index is 1.46. The average Bonchev–Trinajstić information content (AvgIpc) is 3.32. The van der Waals surface area contributed by atoms with Crippen LogP contribution in [0.1, 0.15) is 33.6 Å². The highest BCUT2D eigenvalue weighted by atomic mass is 32.1. The molecule has 7 heteroatoms. The molecule has 0 saturated heterocycles. The minimum absolute atomic E-state index is 0.164. The van der Waals surface area contributed by atoms with Gasteiger partial charge in [0.2, 0.25) is 0 Å². The summed E-state index contributed by atoms with van der Waals surface area (Å²) in [6.07, 6.45) is 10.4. The third-order valence-corrected chi connectivity index (χ3v) is 4.89. The number of aromatic nitrogens is 4. The number of imidazole rings is 1. The van der Waals surface area contributed by atoms with Crippen molar-refractivity contribution in [3.05, 3.63) is 52.7 Å². The number of H-pyrrole nitrogens is 1. The van der Waals surface area contributed by atoms with Gasteiger partial charge in [0.05, 0.1) is 18.2 Å². The summed E-state index contributed by atoms with van der Waals surface area (Å²) >= 11 is 1.42. The summed E-state index contributed by atoms with van der Waals surface area (Å²) in [7, 11) is 0. The van der Waals surface area contributed by atoms with Crippen molar-refractivity contribution in [2.75, 3.05) is 0 Å². The third kappa shape index (κ3) is 2.75. The summed E-state index contributed by atoms with van der Waals surface area (Å²) in [5.74, 6) is -0.164. The fourth-order valence-corrected chi connectivity index (χ4v) is 3.64. The molecule has 0 aromatic carbocycles. The second-order valence-corrected chi connectivity index (χ2v) is 6.33. The van der Waals surface area contributed by atoms with Crippen molar-refractivity contribution in [2.24, 2.45) is 0 Å². The lowest BCUT2D eigenvalue weighted by molar-refractivity contribution is 0.0946. The molecule has 0 spiro atoms. The molecule has 0 saturated carbocycles. The molecular weight excluding hydrogens is 310 g/mol. The van der Waals surface area contributed by atoms with E-state index >= 15 is 0 Å². The molecule has 3 aromatic heterocycles. The van der Waals surface area contributed by atoms with E-state index in [0.29, 0.717) is 12.2 Å². The average molecular weight is 325 g/mol. The van der Waals surface area contributed by atoms with Crippen LogP contribution in [0.25, 0.3) is 10.7 Å². The van der Waals surface area contributed by atoms with E-state index in [1.807, 2.05) is 12.4 Å². The fourth-order valence-electron chi connectivity index (χ4n) is 2.86. The van der Waals surface area contributed by atoms with Gasteiger partial charge < -0.3 is 10.3 Å². The van der Waals surface area contributed by atoms with Crippen LogP contribution in [-0.4, -0.2) is 25.8 Å². The summed E-state index contributed by atoms with van der Waals surface area (Å²) in [4.78, 5) is 27.9. The number of aromatic amines is 1. The van der Waals surface area contributed by atoms with Gasteiger partial charge in [-0.25, -0.2) is 9.97 Å². The first-order valence-corrected chi connectivity index (χ1v) is 8.36. The maximum absolute atomic E-state index is 12.3. The lowest BCUT2D eigenvalue weighted by Crippen LogP contribution is -2.23. The van der Waals surface area contributed by atoms with E-state index in [-0.39, 0.29) is 5.91 Å². The molecule has 4 rings (SSSR count). The fraction of sp³-hybridized carbons (Fsp3) is 0.250. The van der Waals surface area contributed by atoms with Crippen molar-refractivity contribution in [1.82, 2.24) is 25.3 Å². The Morgan fingerprint density at radius 1 is 1.26 bits per heavy atom. The van der Waals surface area contributed by atoms with Crippen LogP contribution in [-0.2, 0) is 19.4 Å². The molecular formula is C16H15N5OS. The predicted molar refractivity (Wildman–Crippen MR) is 87.1 cm³/mol. The van der Waals surface area contributed by atoms with Crippen molar-refractivity contribution in [3.8, 4) is 10.7 Å². The van der Waals surface area contributed by atoms with Gasteiger partial charge in [-0.1, -0.05) is 0 Å². The lowest BCUT2D eigenvalue weighted by atomic mass is 10.1. The Morgan fingerprint density at radius 3 is 3.09 bits per heavy atom. The maximum Gasteiger partial charge on any atom is 0.271 e. The second kappa shape index (κ2) is 5.92. The Kier molecular flexibility index (Phi) is 3.63. The van der Waals surface area contributed by atoms with Crippen LogP contribution in [0.4, 0.5) is 0 Å². The molecule has 2 N–H and O–H groups in total. The van der Waals surface area contributed by atoms with E-state index in [9.17, 15) is 4.79 Å². The smallest absolute Gasteiger partial charge is 0.271 e. The SMILES string of the molecule is O=C(NCc1cncc2c1CCC2)c1csc(-c2cnc[nH]2)n1. The van der Waals surface area contributed by atoms with Gasteiger partial charge in [-0.2, -0.15) is 0 Å². The number of hydrogen-bond acceptors (Lipinski definition) is 5. The highest BCUT2D eigenvalue weighted by molar-refractivity contribution is 7.13. The summed E-state index contributed by atoms with van der Waals surface area (Å²) in [5.41, 5.74) is 5.01. The van der Waals surface area contributed by atoms with Crippen molar-refractivity contribution >= 4 is 17.2 Å². The number of carbonyl (C=O) groups excluding carboxylic acids is 1. The number of aryl methyl sites for hydroxylation is 1. The molecule has 1 aliphatic carbocycles. The van der Waals surface area contributed by atoms with E-state index in [1.54, 1.807) is 17.9 Å². The van der Waals surface area contributed by atoms with Crippen LogP contribution in [0.3, 0.4) is 0 Å². The van der Waals surface area contributed by atoms with Crippen LogP contribution in [0.15, 0.2) is 30.3 Å². The van der Waals surface area contributed by atoms with Crippen molar-refractivity contribution in [1.29, 1.82) is 0 Å². The Hall–Kier alpha value is -2.54. The van der Waals surface area contributed by atoms with Gasteiger partial charge in [-0.05, 0) is 36.0 Å². The van der Waals surface area contributed by atoms with E-state index in [4.69, 9.17) is 0 Å². The zero-order valence-electron chi connectivity index (χ0n) is 12.4. The molecule has 6 nitrogen and oxygen atoms in total. The first-order chi connectivity index (χ1) is 11.3. The van der Waals surface area contributed by atoms with Gasteiger partial charge in [0.25, 0.3) is 5.91 Å². The molecule has 0 atom stereocenters. The van der Waals surface area contributed by atoms with E-state index in [1.165, 1.54) is 28.9 Å². The van der Waals surface area contributed by atoms with Crippen LogP contribution in [0.2, 0.25) is 0 Å². The normalized spacial score (nSPS) is 13.0. The number of amides is 1. The highest BCUT2D eigenvalue weighted by Gasteiger charge is 2.17. The molecule has 23 heavy (non-hydrogen) atoms.